The molecule has 3 aromatic rings. The number of hydrogen-bond acceptors (Lipinski definition) is 7. The third kappa shape index (κ3) is 4.74. The van der Waals surface area contributed by atoms with E-state index in [2.05, 4.69) is 22.1 Å². The molecule has 1 aromatic heterocycles. The SMILES string of the molecule is CC1C(CSc2ncn[nH]2)OC(c2ccc(CN)cc2)OC1c1ccc(CO)cc1. The lowest BCUT2D eigenvalue weighted by atomic mass is 9.91. The predicted octanol–water partition coefficient (Wildman–Crippen LogP) is 3.34. The third-order valence-corrected chi connectivity index (χ3v) is 6.35. The molecule has 0 spiro atoms. The van der Waals surface area contributed by atoms with Gasteiger partial charge in [0.15, 0.2) is 11.4 Å². The van der Waals surface area contributed by atoms with Gasteiger partial charge in [0.2, 0.25) is 0 Å². The van der Waals surface area contributed by atoms with Crippen molar-refractivity contribution >= 4 is 11.8 Å². The monoisotopic (exact) mass is 426 g/mol. The van der Waals surface area contributed by atoms with Crippen LogP contribution in [-0.2, 0) is 22.6 Å². The van der Waals surface area contributed by atoms with E-state index in [1.165, 1.54) is 6.33 Å². The van der Waals surface area contributed by atoms with Crippen LogP contribution in [0.25, 0.3) is 0 Å². The Kier molecular flexibility index (Phi) is 6.81. The summed E-state index contributed by atoms with van der Waals surface area (Å²) in [7, 11) is 0. The zero-order valence-electron chi connectivity index (χ0n) is 16.8. The summed E-state index contributed by atoms with van der Waals surface area (Å²) in [6.07, 6.45) is 0.849. The number of nitrogens with two attached hydrogens (primary N) is 1. The van der Waals surface area contributed by atoms with Crippen LogP contribution in [0, 0.1) is 5.92 Å². The molecule has 4 atom stereocenters. The van der Waals surface area contributed by atoms with E-state index in [-0.39, 0.29) is 24.7 Å². The normalized spacial score (nSPS) is 24.1. The maximum Gasteiger partial charge on any atom is 0.184 e. The Hall–Kier alpha value is -2.23. The van der Waals surface area contributed by atoms with Gasteiger partial charge in [0, 0.05) is 23.8 Å². The number of aliphatic hydroxyl groups excluding tert-OH is 1. The van der Waals surface area contributed by atoms with Crippen molar-refractivity contribution < 1.29 is 14.6 Å². The van der Waals surface area contributed by atoms with Crippen molar-refractivity contribution in [3.05, 3.63) is 77.1 Å². The molecular formula is C22H26N4O3S. The summed E-state index contributed by atoms with van der Waals surface area (Å²) in [6, 6.07) is 15.9. The van der Waals surface area contributed by atoms with Crippen molar-refractivity contribution in [3.63, 3.8) is 0 Å². The van der Waals surface area contributed by atoms with E-state index >= 15 is 0 Å². The molecule has 0 radical (unpaired) electrons. The van der Waals surface area contributed by atoms with Crippen LogP contribution in [-0.4, -0.2) is 32.1 Å². The smallest absolute Gasteiger partial charge is 0.184 e. The number of benzene rings is 2. The van der Waals surface area contributed by atoms with Crippen molar-refractivity contribution in [2.45, 2.75) is 43.7 Å². The molecule has 4 N–H and O–H groups in total. The molecule has 0 aliphatic carbocycles. The van der Waals surface area contributed by atoms with Gasteiger partial charge < -0.3 is 20.3 Å². The van der Waals surface area contributed by atoms with Crippen molar-refractivity contribution in [1.82, 2.24) is 15.2 Å². The Morgan fingerprint density at radius 3 is 2.37 bits per heavy atom. The van der Waals surface area contributed by atoms with E-state index in [4.69, 9.17) is 15.2 Å². The van der Waals surface area contributed by atoms with Gasteiger partial charge in [-0.1, -0.05) is 67.2 Å². The molecule has 7 nitrogen and oxygen atoms in total. The standard InChI is InChI=1S/C22H26N4O3S/c1-14-19(12-30-22-24-13-25-26-22)28-21(18-8-2-15(10-23)3-9-18)29-20(14)17-6-4-16(11-27)5-7-17/h2-9,13-14,19-21,27H,10-12,23H2,1H3,(H,24,25,26). The molecule has 4 rings (SSSR count). The highest BCUT2D eigenvalue weighted by atomic mass is 32.2. The van der Waals surface area contributed by atoms with Crippen LogP contribution >= 0.6 is 11.8 Å². The molecule has 1 aliphatic rings. The van der Waals surface area contributed by atoms with Gasteiger partial charge in [0.25, 0.3) is 0 Å². The fourth-order valence-electron chi connectivity index (χ4n) is 3.55. The summed E-state index contributed by atoms with van der Waals surface area (Å²) >= 11 is 1.58. The first-order valence-corrected chi connectivity index (χ1v) is 10.9. The van der Waals surface area contributed by atoms with E-state index in [9.17, 15) is 5.11 Å². The van der Waals surface area contributed by atoms with Gasteiger partial charge in [-0.05, 0) is 16.7 Å². The zero-order valence-corrected chi connectivity index (χ0v) is 17.6. The summed E-state index contributed by atoms with van der Waals surface area (Å²) in [5.74, 6) is 0.849. The highest BCUT2D eigenvalue weighted by molar-refractivity contribution is 7.99. The topological polar surface area (TPSA) is 106 Å². The minimum absolute atomic E-state index is 0.0248. The molecule has 0 bridgehead atoms. The summed E-state index contributed by atoms with van der Waals surface area (Å²) in [5, 5.41) is 16.9. The number of nitrogens with one attached hydrogen (secondary N) is 1. The molecule has 8 heteroatoms. The van der Waals surface area contributed by atoms with Crippen LogP contribution in [0.5, 0.6) is 0 Å². The van der Waals surface area contributed by atoms with Crippen LogP contribution < -0.4 is 5.73 Å². The number of ether oxygens (including phenoxy) is 2. The van der Waals surface area contributed by atoms with Gasteiger partial charge in [0.05, 0.1) is 18.8 Å². The van der Waals surface area contributed by atoms with Gasteiger partial charge >= 0.3 is 0 Å². The molecule has 1 aliphatic heterocycles. The summed E-state index contributed by atoms with van der Waals surface area (Å²) in [4.78, 5) is 4.19. The average Bonchev–Trinajstić information content (AvgIpc) is 3.32. The number of aliphatic hydroxyl groups is 1. The molecule has 1 fully saturated rings. The zero-order chi connectivity index (χ0) is 20.9. The Balaban J connectivity index is 1.58. The molecule has 30 heavy (non-hydrogen) atoms. The van der Waals surface area contributed by atoms with E-state index < -0.39 is 6.29 Å². The second kappa shape index (κ2) is 9.72. The fourth-order valence-corrected chi connectivity index (χ4v) is 4.49. The number of aromatic nitrogens is 3. The second-order valence-corrected chi connectivity index (χ2v) is 8.38. The van der Waals surface area contributed by atoms with Gasteiger partial charge in [-0.15, -0.1) is 0 Å². The molecule has 0 saturated carbocycles. The van der Waals surface area contributed by atoms with E-state index in [0.29, 0.717) is 6.54 Å². The Morgan fingerprint density at radius 1 is 1.03 bits per heavy atom. The quantitative estimate of drug-likeness (QED) is 0.498. The number of aromatic amines is 1. The lowest BCUT2D eigenvalue weighted by Gasteiger charge is -2.41. The lowest BCUT2D eigenvalue weighted by molar-refractivity contribution is -0.268. The van der Waals surface area contributed by atoms with Crippen molar-refractivity contribution in [2.75, 3.05) is 5.75 Å². The second-order valence-electron chi connectivity index (χ2n) is 7.37. The van der Waals surface area contributed by atoms with Crippen molar-refractivity contribution in [2.24, 2.45) is 11.7 Å². The van der Waals surface area contributed by atoms with Crippen LogP contribution in [0.4, 0.5) is 0 Å². The van der Waals surface area contributed by atoms with Crippen LogP contribution in [0.2, 0.25) is 0 Å². The van der Waals surface area contributed by atoms with Gasteiger partial charge in [-0.25, -0.2) is 4.98 Å². The van der Waals surface area contributed by atoms with Crippen molar-refractivity contribution in [3.8, 4) is 0 Å². The highest BCUT2D eigenvalue weighted by Gasteiger charge is 2.38. The largest absolute Gasteiger partial charge is 0.392 e. The maximum absolute atomic E-state index is 9.35. The van der Waals surface area contributed by atoms with Gasteiger partial charge in [-0.2, -0.15) is 5.10 Å². The first-order valence-electron chi connectivity index (χ1n) is 9.95. The molecule has 1 saturated heterocycles. The van der Waals surface area contributed by atoms with Crippen LogP contribution in [0.1, 0.15) is 41.6 Å². The van der Waals surface area contributed by atoms with Gasteiger partial charge in [0.1, 0.15) is 6.33 Å². The summed E-state index contributed by atoms with van der Waals surface area (Å²) < 4.78 is 12.8. The molecule has 2 aromatic carbocycles. The maximum atomic E-state index is 9.35. The van der Waals surface area contributed by atoms with E-state index in [1.54, 1.807) is 11.8 Å². The average molecular weight is 427 g/mol. The molecule has 158 valence electrons. The van der Waals surface area contributed by atoms with Gasteiger partial charge in [-0.3, -0.25) is 5.10 Å². The Bertz CT molecular complexity index is 919. The number of nitrogens with zero attached hydrogens (tertiary/aromatic N) is 2. The highest BCUT2D eigenvalue weighted by Crippen LogP contribution is 2.42. The number of rotatable bonds is 7. The third-order valence-electron chi connectivity index (χ3n) is 5.39. The molecule has 2 heterocycles. The first-order chi connectivity index (χ1) is 14.7. The van der Waals surface area contributed by atoms with E-state index in [0.717, 1.165) is 33.2 Å². The molecular weight excluding hydrogens is 400 g/mol. The van der Waals surface area contributed by atoms with E-state index in [1.807, 2.05) is 48.5 Å². The van der Waals surface area contributed by atoms with Crippen molar-refractivity contribution in [1.29, 1.82) is 0 Å². The fraction of sp³-hybridized carbons (Fsp3) is 0.364. The van der Waals surface area contributed by atoms with Crippen LogP contribution in [0.3, 0.4) is 0 Å². The number of H-pyrrole nitrogens is 1. The number of thioether (sulfide) groups is 1. The Morgan fingerprint density at radius 2 is 1.73 bits per heavy atom. The number of hydrogen-bond donors (Lipinski definition) is 3. The first kappa shape index (κ1) is 21.0. The predicted molar refractivity (Wildman–Crippen MR) is 114 cm³/mol. The molecule has 0 amide bonds. The van der Waals surface area contributed by atoms with Crippen LogP contribution in [0.15, 0.2) is 60.0 Å². The molecule has 4 unspecified atom stereocenters. The summed E-state index contributed by atoms with van der Waals surface area (Å²) in [6.45, 7) is 2.67. The minimum Gasteiger partial charge on any atom is -0.392 e. The summed E-state index contributed by atoms with van der Waals surface area (Å²) in [5.41, 5.74) is 9.71. The Labute approximate surface area is 180 Å². The lowest BCUT2D eigenvalue weighted by Crippen LogP contribution is -2.38. The minimum atomic E-state index is -0.476.